The summed E-state index contributed by atoms with van der Waals surface area (Å²) in [5.74, 6) is -0.550. The molecule has 12 nitrogen and oxygen atoms in total. The number of hydrogen-bond acceptors (Lipinski definition) is 7. The fourth-order valence-electron chi connectivity index (χ4n) is 3.44. The maximum absolute atomic E-state index is 13.0. The Labute approximate surface area is 297 Å². The van der Waals surface area contributed by atoms with E-state index < -0.39 is 31.7 Å². The number of hydrogen-bond donors (Lipinski definition) is 3. The van der Waals surface area contributed by atoms with E-state index >= 15 is 0 Å². The van der Waals surface area contributed by atoms with Crippen LogP contribution < -0.4 is 10.6 Å². The summed E-state index contributed by atoms with van der Waals surface area (Å²) in [5.41, 5.74) is 1.11. The first kappa shape index (κ1) is 32.6. The SMILES string of the molecule is CC1=NN(c2ccc(S(=O)(=O)O)cc2)C(=O)/C1=C\c1c(C)[nH]n(-c2ccc(S(=O)(=O)O)cc2)c1=O.[K].[K]. The fourth-order valence-corrected chi connectivity index (χ4v) is 4.40. The molecule has 184 valence electrons. The van der Waals surface area contributed by atoms with Crippen LogP contribution in [0.4, 0.5) is 5.69 Å². The van der Waals surface area contributed by atoms with Gasteiger partial charge in [-0.2, -0.15) is 26.9 Å². The zero-order valence-corrected chi connectivity index (χ0v) is 28.1. The van der Waals surface area contributed by atoms with Crippen LogP contribution >= 0.6 is 0 Å². The number of amides is 1. The van der Waals surface area contributed by atoms with Crippen molar-refractivity contribution >= 4 is 146 Å². The second kappa shape index (κ2) is 12.3. The van der Waals surface area contributed by atoms with Gasteiger partial charge in [-0.05, 0) is 68.5 Å². The van der Waals surface area contributed by atoms with E-state index in [1.54, 1.807) is 13.8 Å². The Kier molecular flexibility index (Phi) is 10.8. The van der Waals surface area contributed by atoms with Crippen molar-refractivity contribution in [3.63, 3.8) is 0 Å². The van der Waals surface area contributed by atoms with E-state index in [4.69, 9.17) is 9.11 Å². The predicted molar refractivity (Wildman–Crippen MR) is 137 cm³/mol. The molecular weight excluding hydrogens is 579 g/mol. The molecular formula is C21H18K2N4O8S2. The van der Waals surface area contributed by atoms with Gasteiger partial charge in [-0.15, -0.1) is 0 Å². The Morgan fingerprint density at radius 3 is 1.73 bits per heavy atom. The molecule has 2 aromatic carbocycles. The number of aromatic amines is 1. The summed E-state index contributed by atoms with van der Waals surface area (Å²) in [7, 11) is -8.78. The van der Waals surface area contributed by atoms with Crippen LogP contribution in [0.5, 0.6) is 0 Å². The van der Waals surface area contributed by atoms with Crippen molar-refractivity contribution < 1.29 is 30.7 Å². The second-order valence-corrected chi connectivity index (χ2v) is 10.4. The van der Waals surface area contributed by atoms with E-state index in [2.05, 4.69) is 10.2 Å². The van der Waals surface area contributed by atoms with Crippen LogP contribution in [0.25, 0.3) is 11.8 Å². The molecule has 3 N–H and O–H groups in total. The molecule has 0 atom stereocenters. The van der Waals surface area contributed by atoms with Gasteiger partial charge in [0.25, 0.3) is 31.7 Å². The number of rotatable bonds is 5. The van der Waals surface area contributed by atoms with Crippen LogP contribution in [0.15, 0.2) is 73.8 Å². The van der Waals surface area contributed by atoms with E-state index in [-0.39, 0.29) is 129 Å². The maximum Gasteiger partial charge on any atom is 0.294 e. The minimum Gasteiger partial charge on any atom is -0.295 e. The molecule has 2 radical (unpaired) electrons. The van der Waals surface area contributed by atoms with Crippen LogP contribution in [-0.2, 0) is 25.0 Å². The van der Waals surface area contributed by atoms with E-state index in [1.165, 1.54) is 30.3 Å². The zero-order valence-electron chi connectivity index (χ0n) is 20.2. The van der Waals surface area contributed by atoms with Crippen LogP contribution in [-0.4, -0.2) is 150 Å². The van der Waals surface area contributed by atoms with Crippen molar-refractivity contribution in [2.75, 3.05) is 5.01 Å². The number of anilines is 1. The summed E-state index contributed by atoms with van der Waals surface area (Å²) < 4.78 is 64.3. The third-order valence-corrected chi connectivity index (χ3v) is 6.98. The molecule has 1 amide bonds. The van der Waals surface area contributed by atoms with Gasteiger partial charge >= 0.3 is 0 Å². The van der Waals surface area contributed by atoms with Crippen molar-refractivity contribution in [2.45, 2.75) is 23.6 Å². The molecule has 1 aromatic heterocycles. The van der Waals surface area contributed by atoms with E-state index in [1.807, 2.05) is 0 Å². The van der Waals surface area contributed by atoms with Crippen molar-refractivity contribution in [3.8, 4) is 5.69 Å². The van der Waals surface area contributed by atoms with Gasteiger partial charge in [0, 0.05) is 108 Å². The molecule has 0 saturated carbocycles. The third kappa shape index (κ3) is 6.96. The standard InChI is InChI=1S/C21H18N4O8S2.2K/c1-12-18(20(26)24(22-12)14-3-7-16(8-4-14)34(28,29)30)11-19-13(2)23-25(21(19)27)15-5-9-17(10-6-15)35(31,32)33;;/h3-11,22H,1-2H3,(H,28,29,30)(H,31,32,33);;/b19-11-;;. The van der Waals surface area contributed by atoms with E-state index in [9.17, 15) is 26.4 Å². The monoisotopic (exact) mass is 596 g/mol. The van der Waals surface area contributed by atoms with Crippen LogP contribution in [0.1, 0.15) is 18.2 Å². The zero-order chi connectivity index (χ0) is 25.7. The molecule has 0 aliphatic carbocycles. The number of nitrogens with one attached hydrogen (secondary N) is 1. The number of aryl methyl sites for hydroxylation is 1. The average Bonchev–Trinajstić information content (AvgIpc) is 3.23. The molecule has 2 heterocycles. The summed E-state index contributed by atoms with van der Waals surface area (Å²) in [6.07, 6.45) is 1.38. The average molecular weight is 597 g/mol. The van der Waals surface area contributed by atoms with Gasteiger partial charge in [0.15, 0.2) is 0 Å². The van der Waals surface area contributed by atoms with Gasteiger partial charge in [-0.3, -0.25) is 23.8 Å². The van der Waals surface area contributed by atoms with Gasteiger partial charge in [0.2, 0.25) is 0 Å². The number of H-pyrrole nitrogens is 1. The van der Waals surface area contributed by atoms with Crippen LogP contribution in [0.2, 0.25) is 0 Å². The smallest absolute Gasteiger partial charge is 0.294 e. The van der Waals surface area contributed by atoms with Gasteiger partial charge < -0.3 is 0 Å². The van der Waals surface area contributed by atoms with Crippen LogP contribution in [0, 0.1) is 6.92 Å². The fraction of sp³-hybridized carbons (Fsp3) is 0.0952. The number of benzene rings is 2. The van der Waals surface area contributed by atoms with Crippen molar-refractivity contribution in [3.05, 3.63) is 75.7 Å². The molecule has 0 spiro atoms. The first-order chi connectivity index (χ1) is 16.3. The first-order valence-corrected chi connectivity index (χ1v) is 12.7. The number of carbonyl (C=O) groups is 1. The molecule has 16 heteroatoms. The molecule has 3 aromatic rings. The molecule has 0 unspecified atom stereocenters. The summed E-state index contributed by atoms with van der Waals surface area (Å²) >= 11 is 0. The van der Waals surface area contributed by atoms with Gasteiger partial charge in [-0.1, -0.05) is 0 Å². The number of carbonyl (C=O) groups excluding carboxylic acids is 1. The maximum atomic E-state index is 13.0. The number of hydrazone groups is 1. The number of aromatic nitrogens is 2. The molecule has 0 saturated heterocycles. The quantitative estimate of drug-likeness (QED) is 0.222. The normalized spacial score (nSPS) is 14.8. The summed E-state index contributed by atoms with van der Waals surface area (Å²) in [6.45, 7) is 3.19. The first-order valence-electron chi connectivity index (χ1n) is 9.86. The molecule has 0 fully saturated rings. The number of nitrogens with zero attached hydrogens (tertiary/aromatic N) is 3. The second-order valence-electron chi connectivity index (χ2n) is 7.59. The Morgan fingerprint density at radius 1 is 0.811 bits per heavy atom. The minimum absolute atomic E-state index is 0. The predicted octanol–water partition coefficient (Wildman–Crippen LogP) is 1.01. The largest absolute Gasteiger partial charge is 0.295 e. The van der Waals surface area contributed by atoms with Crippen LogP contribution in [0.3, 0.4) is 0 Å². The van der Waals surface area contributed by atoms with Gasteiger partial charge in [-0.25, -0.2) is 4.68 Å². The molecule has 1 aliphatic rings. The van der Waals surface area contributed by atoms with E-state index in [0.29, 0.717) is 17.1 Å². The Hall–Kier alpha value is -0.577. The van der Waals surface area contributed by atoms with E-state index in [0.717, 1.165) is 34.0 Å². The summed E-state index contributed by atoms with van der Waals surface area (Å²) in [6, 6.07) is 9.85. The third-order valence-electron chi connectivity index (χ3n) is 5.24. The van der Waals surface area contributed by atoms with Gasteiger partial charge in [0.1, 0.15) is 0 Å². The molecule has 4 rings (SSSR count). The minimum atomic E-state index is -4.39. The van der Waals surface area contributed by atoms with Gasteiger partial charge in [0.05, 0.1) is 38.0 Å². The topological polar surface area (TPSA) is 179 Å². The summed E-state index contributed by atoms with van der Waals surface area (Å²) in [5, 5.41) is 8.09. The molecule has 1 aliphatic heterocycles. The molecule has 37 heavy (non-hydrogen) atoms. The Bertz CT molecular complexity index is 1690. The Balaban J connectivity index is 0.00000241. The summed E-state index contributed by atoms with van der Waals surface area (Å²) in [4.78, 5) is 25.4. The Morgan fingerprint density at radius 2 is 1.27 bits per heavy atom. The van der Waals surface area contributed by atoms with Crippen molar-refractivity contribution in [1.29, 1.82) is 0 Å². The van der Waals surface area contributed by atoms with Crippen molar-refractivity contribution in [2.24, 2.45) is 5.10 Å². The van der Waals surface area contributed by atoms with Crippen molar-refractivity contribution in [1.82, 2.24) is 9.78 Å². The molecule has 0 bridgehead atoms.